The van der Waals surface area contributed by atoms with Gasteiger partial charge >= 0.3 is 11.9 Å². The molecule has 0 amide bonds. The number of aromatic nitrogens is 4. The lowest BCUT2D eigenvalue weighted by molar-refractivity contribution is -0.138. The first kappa shape index (κ1) is 29.9. The standard InChI is InChI=1S/C27H26F4N8O3/c1-37(2)14-20(34-16-9-7-15(32)8-10-16)23-24(33)38(13-17-18(27(29,30)31)5-4-6-19(17)28)26(41)39(25(23)40)21-11-12-22(42-3)36-35-21/h4-12H,13-14,32-33H2,1-3H3. The minimum atomic E-state index is -4.94. The SMILES string of the molecule is COc1ccc(-n2c(=O)c(C(CN(C)C)=Nc3ccc(N)cc3)c(N)n(Cc3c(F)cccc3C(F)(F)F)c2=O)nn1. The van der Waals surface area contributed by atoms with E-state index in [1.54, 1.807) is 43.3 Å². The molecule has 0 aliphatic heterocycles. The minimum absolute atomic E-state index is 0.0177. The second kappa shape index (κ2) is 11.8. The Bertz CT molecular complexity index is 1750. The number of methoxy groups -OCH3 is 1. The quantitative estimate of drug-likeness (QED) is 0.182. The van der Waals surface area contributed by atoms with Crippen LogP contribution in [0.2, 0.25) is 0 Å². The third-order valence-electron chi connectivity index (χ3n) is 6.10. The lowest BCUT2D eigenvalue weighted by Gasteiger charge is -2.21. The van der Waals surface area contributed by atoms with Crippen LogP contribution in [0.15, 0.2) is 69.2 Å². The zero-order valence-corrected chi connectivity index (χ0v) is 22.7. The van der Waals surface area contributed by atoms with Crippen LogP contribution in [0.4, 0.5) is 34.8 Å². The van der Waals surface area contributed by atoms with Crippen LogP contribution >= 0.6 is 0 Å². The van der Waals surface area contributed by atoms with Crippen molar-refractivity contribution in [3.05, 3.63) is 97.9 Å². The van der Waals surface area contributed by atoms with Gasteiger partial charge < -0.3 is 21.1 Å². The van der Waals surface area contributed by atoms with E-state index in [1.807, 2.05) is 0 Å². The molecule has 11 nitrogen and oxygen atoms in total. The summed E-state index contributed by atoms with van der Waals surface area (Å²) in [6, 6.07) is 11.3. The highest BCUT2D eigenvalue weighted by Gasteiger charge is 2.35. The van der Waals surface area contributed by atoms with Crippen molar-refractivity contribution >= 4 is 22.9 Å². The van der Waals surface area contributed by atoms with Crippen molar-refractivity contribution in [2.75, 3.05) is 39.2 Å². The van der Waals surface area contributed by atoms with E-state index < -0.39 is 46.7 Å². The Balaban J connectivity index is 2.07. The van der Waals surface area contributed by atoms with Crippen molar-refractivity contribution in [2.24, 2.45) is 4.99 Å². The van der Waals surface area contributed by atoms with Gasteiger partial charge in [-0.25, -0.2) is 13.8 Å². The monoisotopic (exact) mass is 586 g/mol. The number of alkyl halides is 3. The fourth-order valence-corrected chi connectivity index (χ4v) is 4.15. The molecule has 4 N–H and O–H groups in total. The molecule has 42 heavy (non-hydrogen) atoms. The van der Waals surface area contributed by atoms with E-state index in [0.717, 1.165) is 12.1 Å². The molecule has 2 aromatic carbocycles. The highest BCUT2D eigenvalue weighted by Crippen LogP contribution is 2.33. The molecule has 4 aromatic rings. The van der Waals surface area contributed by atoms with E-state index in [9.17, 15) is 27.2 Å². The van der Waals surface area contributed by atoms with E-state index in [0.29, 0.717) is 26.6 Å². The molecule has 0 saturated heterocycles. The van der Waals surface area contributed by atoms with Crippen molar-refractivity contribution in [2.45, 2.75) is 12.7 Å². The van der Waals surface area contributed by atoms with Gasteiger partial charge in [0.2, 0.25) is 5.88 Å². The zero-order valence-electron chi connectivity index (χ0n) is 22.7. The average molecular weight is 587 g/mol. The normalized spacial score (nSPS) is 12.1. The number of benzene rings is 2. The van der Waals surface area contributed by atoms with Crippen molar-refractivity contribution in [3.8, 4) is 11.7 Å². The number of nitrogens with two attached hydrogens (primary N) is 2. The van der Waals surface area contributed by atoms with Crippen LogP contribution in [-0.4, -0.2) is 57.7 Å². The van der Waals surface area contributed by atoms with Gasteiger partial charge in [-0.3, -0.25) is 14.4 Å². The first-order valence-corrected chi connectivity index (χ1v) is 12.3. The van der Waals surface area contributed by atoms with Crippen LogP contribution in [0.3, 0.4) is 0 Å². The van der Waals surface area contributed by atoms with Gasteiger partial charge in [0.25, 0.3) is 5.56 Å². The van der Waals surface area contributed by atoms with Crippen LogP contribution in [0.1, 0.15) is 16.7 Å². The van der Waals surface area contributed by atoms with Crippen molar-refractivity contribution in [1.29, 1.82) is 0 Å². The van der Waals surface area contributed by atoms with Crippen LogP contribution in [0.25, 0.3) is 5.82 Å². The predicted octanol–water partition coefficient (Wildman–Crippen LogP) is 2.85. The van der Waals surface area contributed by atoms with Crippen LogP contribution in [-0.2, 0) is 12.7 Å². The molecule has 0 aliphatic rings. The highest BCUT2D eigenvalue weighted by atomic mass is 19.4. The Hall–Kier alpha value is -5.05. The third kappa shape index (κ3) is 6.15. The summed E-state index contributed by atoms with van der Waals surface area (Å²) in [7, 11) is 4.71. The highest BCUT2D eigenvalue weighted by molar-refractivity contribution is 6.06. The molecule has 2 aromatic heterocycles. The van der Waals surface area contributed by atoms with Gasteiger partial charge in [0.15, 0.2) is 5.82 Å². The van der Waals surface area contributed by atoms with Crippen molar-refractivity contribution in [1.82, 2.24) is 24.2 Å². The molecule has 220 valence electrons. The Morgan fingerprint density at radius 2 is 1.71 bits per heavy atom. The first-order chi connectivity index (χ1) is 19.8. The van der Waals surface area contributed by atoms with E-state index in [-0.39, 0.29) is 29.5 Å². The van der Waals surface area contributed by atoms with Gasteiger partial charge in [0, 0.05) is 23.9 Å². The number of aliphatic imine (C=N–C) groups is 1. The summed E-state index contributed by atoms with van der Waals surface area (Å²) >= 11 is 0. The van der Waals surface area contributed by atoms with E-state index >= 15 is 0 Å². The Kier molecular flexibility index (Phi) is 8.42. The molecule has 2 heterocycles. The molecule has 4 rings (SSSR count). The molecule has 0 bridgehead atoms. The molecule has 0 fully saturated rings. The van der Waals surface area contributed by atoms with Gasteiger partial charge in [-0.15, -0.1) is 10.2 Å². The maximum absolute atomic E-state index is 14.9. The molecule has 0 atom stereocenters. The molecule has 15 heteroatoms. The van der Waals surface area contributed by atoms with E-state index in [4.69, 9.17) is 16.2 Å². The third-order valence-corrected chi connectivity index (χ3v) is 6.10. The number of nitrogens with zero attached hydrogens (tertiary/aromatic N) is 6. The van der Waals surface area contributed by atoms with E-state index in [1.165, 1.54) is 19.2 Å². The van der Waals surface area contributed by atoms with Crippen molar-refractivity contribution in [3.63, 3.8) is 0 Å². The second-order valence-corrected chi connectivity index (χ2v) is 9.35. The molecular formula is C27H26F4N8O3. The smallest absolute Gasteiger partial charge is 0.416 e. The van der Waals surface area contributed by atoms with Gasteiger partial charge in [0.1, 0.15) is 17.2 Å². The Labute approximate surface area is 236 Å². The van der Waals surface area contributed by atoms with Gasteiger partial charge in [-0.05, 0) is 56.6 Å². The Morgan fingerprint density at radius 3 is 2.29 bits per heavy atom. The Morgan fingerprint density at radius 1 is 1.02 bits per heavy atom. The number of halogens is 4. The number of hydrogen-bond acceptors (Lipinski definition) is 9. The number of nitrogen functional groups attached to an aromatic ring is 2. The molecule has 0 spiro atoms. The van der Waals surface area contributed by atoms with Gasteiger partial charge in [0.05, 0.1) is 30.6 Å². The predicted molar refractivity (Wildman–Crippen MR) is 149 cm³/mol. The summed E-state index contributed by atoms with van der Waals surface area (Å²) in [5.41, 5.74) is 8.44. The minimum Gasteiger partial charge on any atom is -0.480 e. The first-order valence-electron chi connectivity index (χ1n) is 12.3. The molecular weight excluding hydrogens is 560 g/mol. The van der Waals surface area contributed by atoms with Crippen LogP contribution in [0.5, 0.6) is 5.88 Å². The zero-order chi connectivity index (χ0) is 30.8. The number of anilines is 2. The summed E-state index contributed by atoms with van der Waals surface area (Å²) in [4.78, 5) is 33.9. The van der Waals surface area contributed by atoms with Crippen molar-refractivity contribution < 1.29 is 22.3 Å². The maximum Gasteiger partial charge on any atom is 0.416 e. The molecule has 0 aliphatic carbocycles. The molecule has 0 saturated carbocycles. The summed E-state index contributed by atoms with van der Waals surface area (Å²) in [5.74, 6) is -1.94. The summed E-state index contributed by atoms with van der Waals surface area (Å²) in [6.45, 7) is -0.941. The molecule has 0 unspecified atom stereocenters. The average Bonchev–Trinajstić information content (AvgIpc) is 2.92. The number of likely N-dealkylation sites (N-methyl/N-ethyl adjacent to an activating group) is 1. The summed E-state index contributed by atoms with van der Waals surface area (Å²) < 4.78 is 62.6. The fourth-order valence-electron chi connectivity index (χ4n) is 4.15. The fraction of sp³-hybridized carbons (Fsp3) is 0.222. The number of rotatable bonds is 8. The maximum atomic E-state index is 14.9. The molecule has 0 radical (unpaired) electrons. The number of ether oxygens (including phenoxy) is 1. The topological polar surface area (TPSA) is 147 Å². The lowest BCUT2D eigenvalue weighted by Crippen LogP contribution is -2.45. The van der Waals surface area contributed by atoms with E-state index in [2.05, 4.69) is 15.2 Å². The lowest BCUT2D eigenvalue weighted by atomic mass is 10.1. The number of hydrogen-bond donors (Lipinski definition) is 2. The van der Waals surface area contributed by atoms with Gasteiger partial charge in [-0.1, -0.05) is 6.07 Å². The van der Waals surface area contributed by atoms with Gasteiger partial charge in [-0.2, -0.15) is 13.2 Å². The van der Waals surface area contributed by atoms with Crippen LogP contribution in [0, 0.1) is 5.82 Å². The second-order valence-electron chi connectivity index (χ2n) is 9.35. The largest absolute Gasteiger partial charge is 0.480 e. The van der Waals surface area contributed by atoms with Crippen LogP contribution < -0.4 is 27.5 Å². The summed E-state index contributed by atoms with van der Waals surface area (Å²) in [5, 5.41) is 7.65. The summed E-state index contributed by atoms with van der Waals surface area (Å²) in [6.07, 6.45) is -4.94.